The van der Waals surface area contributed by atoms with Crippen molar-refractivity contribution in [3.8, 4) is 0 Å². The predicted molar refractivity (Wildman–Crippen MR) is 79.1 cm³/mol. The summed E-state index contributed by atoms with van der Waals surface area (Å²) in [6, 6.07) is 0.193. The van der Waals surface area contributed by atoms with Crippen LogP contribution >= 0.6 is 0 Å². The summed E-state index contributed by atoms with van der Waals surface area (Å²) in [5.41, 5.74) is 0. The van der Waals surface area contributed by atoms with E-state index in [1.54, 1.807) is 0 Å². The van der Waals surface area contributed by atoms with Gasteiger partial charge in [-0.05, 0) is 44.2 Å². The van der Waals surface area contributed by atoms with Crippen molar-refractivity contribution in [2.75, 3.05) is 37.7 Å². The number of hydrogen-bond donors (Lipinski definition) is 1. The van der Waals surface area contributed by atoms with Crippen LogP contribution in [0, 0.1) is 11.8 Å². The minimum absolute atomic E-state index is 0.193. The lowest BCUT2D eigenvalue weighted by Gasteiger charge is -2.34. The Morgan fingerprint density at radius 2 is 1.89 bits per heavy atom. The van der Waals surface area contributed by atoms with E-state index >= 15 is 0 Å². The van der Waals surface area contributed by atoms with Gasteiger partial charge >= 0.3 is 0 Å². The summed E-state index contributed by atoms with van der Waals surface area (Å²) in [6.07, 6.45) is 3.42. The Kier molecular flexibility index (Phi) is 5.26. The maximum atomic E-state index is 11.4. The Labute approximate surface area is 117 Å². The van der Waals surface area contributed by atoms with E-state index in [2.05, 4.69) is 24.1 Å². The molecule has 5 heteroatoms. The van der Waals surface area contributed by atoms with E-state index in [9.17, 15) is 8.42 Å². The summed E-state index contributed by atoms with van der Waals surface area (Å²) in [5.74, 6) is 2.40. The van der Waals surface area contributed by atoms with Crippen molar-refractivity contribution in [3.05, 3.63) is 0 Å². The second-order valence-corrected chi connectivity index (χ2v) is 8.71. The molecule has 0 aliphatic carbocycles. The van der Waals surface area contributed by atoms with Gasteiger partial charge in [-0.3, -0.25) is 0 Å². The largest absolute Gasteiger partial charge is 0.312 e. The average Bonchev–Trinajstić information content (AvgIpc) is 2.69. The maximum absolute atomic E-state index is 11.4. The molecule has 2 rings (SSSR count). The molecule has 0 spiro atoms. The quantitative estimate of drug-likeness (QED) is 0.824. The predicted octanol–water partition coefficient (Wildman–Crippen LogP) is 1.13. The van der Waals surface area contributed by atoms with Crippen molar-refractivity contribution in [1.82, 2.24) is 10.2 Å². The van der Waals surface area contributed by atoms with E-state index in [-0.39, 0.29) is 6.04 Å². The molecule has 0 aromatic rings. The number of likely N-dealkylation sites (tertiary alicyclic amines) is 1. The van der Waals surface area contributed by atoms with Gasteiger partial charge in [0.2, 0.25) is 0 Å². The molecule has 2 aliphatic rings. The zero-order valence-corrected chi connectivity index (χ0v) is 13.1. The molecule has 1 atom stereocenters. The Balaban J connectivity index is 1.60. The second-order valence-electron chi connectivity index (χ2n) is 6.48. The standard InChI is InChI=1S/C14H28N2O2S/c1-12(2)13-3-7-16(8-4-13)9-6-15-14-5-10-19(17,18)11-14/h12-15H,3-11H2,1-2H3. The Morgan fingerprint density at radius 3 is 2.42 bits per heavy atom. The van der Waals surface area contributed by atoms with Crippen LogP contribution < -0.4 is 5.32 Å². The van der Waals surface area contributed by atoms with Gasteiger partial charge in [-0.15, -0.1) is 0 Å². The zero-order valence-electron chi connectivity index (χ0n) is 12.3. The van der Waals surface area contributed by atoms with Crippen LogP contribution in [0.2, 0.25) is 0 Å². The molecular weight excluding hydrogens is 260 g/mol. The van der Waals surface area contributed by atoms with E-state index in [4.69, 9.17) is 0 Å². The van der Waals surface area contributed by atoms with E-state index in [1.807, 2.05) is 0 Å². The monoisotopic (exact) mass is 288 g/mol. The fourth-order valence-corrected chi connectivity index (χ4v) is 4.93. The molecule has 0 bridgehead atoms. The fraction of sp³-hybridized carbons (Fsp3) is 1.00. The Bertz CT molecular complexity index is 373. The molecule has 2 fully saturated rings. The van der Waals surface area contributed by atoms with Gasteiger partial charge in [0, 0.05) is 19.1 Å². The van der Waals surface area contributed by atoms with Gasteiger partial charge < -0.3 is 10.2 Å². The smallest absolute Gasteiger partial charge is 0.151 e. The summed E-state index contributed by atoms with van der Waals surface area (Å²) in [5, 5.41) is 3.40. The van der Waals surface area contributed by atoms with E-state index in [1.165, 1.54) is 25.9 Å². The highest BCUT2D eigenvalue weighted by Gasteiger charge is 2.27. The Hall–Kier alpha value is -0.130. The molecule has 1 unspecified atom stereocenters. The van der Waals surface area contributed by atoms with E-state index in [0.29, 0.717) is 11.5 Å². The van der Waals surface area contributed by atoms with Crippen molar-refractivity contribution < 1.29 is 8.42 Å². The lowest BCUT2D eigenvalue weighted by molar-refractivity contribution is 0.158. The summed E-state index contributed by atoms with van der Waals surface area (Å²) >= 11 is 0. The van der Waals surface area contributed by atoms with Crippen molar-refractivity contribution in [3.63, 3.8) is 0 Å². The lowest BCUT2D eigenvalue weighted by atomic mass is 9.87. The summed E-state index contributed by atoms with van der Waals surface area (Å²) in [7, 11) is -2.74. The third-order valence-corrected chi connectivity index (χ3v) is 6.44. The van der Waals surface area contributed by atoms with Crippen molar-refractivity contribution in [1.29, 1.82) is 0 Å². The Morgan fingerprint density at radius 1 is 1.21 bits per heavy atom. The molecule has 0 aromatic heterocycles. The molecule has 0 aromatic carbocycles. The van der Waals surface area contributed by atoms with Crippen molar-refractivity contribution in [2.45, 2.75) is 39.2 Å². The highest BCUT2D eigenvalue weighted by atomic mass is 32.2. The van der Waals surface area contributed by atoms with Gasteiger partial charge in [0.25, 0.3) is 0 Å². The minimum Gasteiger partial charge on any atom is -0.312 e. The molecule has 2 heterocycles. The van der Waals surface area contributed by atoms with Gasteiger partial charge in [-0.1, -0.05) is 13.8 Å². The lowest BCUT2D eigenvalue weighted by Crippen LogP contribution is -2.41. The molecular formula is C14H28N2O2S. The van der Waals surface area contributed by atoms with Crippen molar-refractivity contribution >= 4 is 9.84 Å². The minimum atomic E-state index is -2.74. The van der Waals surface area contributed by atoms with Crippen LogP contribution in [0.4, 0.5) is 0 Å². The third kappa shape index (κ3) is 4.72. The van der Waals surface area contributed by atoms with E-state index in [0.717, 1.165) is 31.3 Å². The van der Waals surface area contributed by atoms with Crippen LogP contribution in [-0.2, 0) is 9.84 Å². The highest BCUT2D eigenvalue weighted by molar-refractivity contribution is 7.91. The van der Waals surface area contributed by atoms with Gasteiger partial charge in [0.1, 0.15) is 0 Å². The van der Waals surface area contributed by atoms with Crippen LogP contribution in [0.15, 0.2) is 0 Å². The first-order valence-corrected chi connectivity index (χ1v) is 9.44. The fourth-order valence-electron chi connectivity index (χ4n) is 3.23. The number of nitrogens with zero attached hydrogens (tertiary/aromatic N) is 1. The third-order valence-electron chi connectivity index (χ3n) is 4.67. The first kappa shape index (κ1) is 15.3. The molecule has 1 N–H and O–H groups in total. The zero-order chi connectivity index (χ0) is 13.9. The number of nitrogens with one attached hydrogen (secondary N) is 1. The molecule has 0 amide bonds. The van der Waals surface area contributed by atoms with E-state index < -0.39 is 9.84 Å². The molecule has 112 valence electrons. The first-order valence-electron chi connectivity index (χ1n) is 7.62. The number of rotatable bonds is 5. The molecule has 4 nitrogen and oxygen atoms in total. The highest BCUT2D eigenvalue weighted by Crippen LogP contribution is 2.24. The van der Waals surface area contributed by atoms with Crippen molar-refractivity contribution in [2.24, 2.45) is 11.8 Å². The molecule has 19 heavy (non-hydrogen) atoms. The molecule has 0 radical (unpaired) electrons. The molecule has 2 aliphatic heterocycles. The van der Waals surface area contributed by atoms with Crippen LogP contribution in [0.25, 0.3) is 0 Å². The number of piperidine rings is 1. The van der Waals surface area contributed by atoms with Crippen LogP contribution in [0.1, 0.15) is 33.1 Å². The normalized spacial score (nSPS) is 29.1. The molecule has 0 saturated carbocycles. The van der Waals surface area contributed by atoms with Gasteiger partial charge in [-0.25, -0.2) is 8.42 Å². The van der Waals surface area contributed by atoms with Gasteiger partial charge in [0.05, 0.1) is 11.5 Å². The van der Waals surface area contributed by atoms with Gasteiger partial charge in [0.15, 0.2) is 9.84 Å². The average molecular weight is 288 g/mol. The number of sulfone groups is 1. The van der Waals surface area contributed by atoms with Crippen LogP contribution in [0.3, 0.4) is 0 Å². The maximum Gasteiger partial charge on any atom is 0.151 e. The summed E-state index contributed by atoms with van der Waals surface area (Å²) < 4.78 is 22.7. The number of hydrogen-bond acceptors (Lipinski definition) is 4. The van der Waals surface area contributed by atoms with Gasteiger partial charge in [-0.2, -0.15) is 0 Å². The SMILES string of the molecule is CC(C)C1CCN(CCNC2CCS(=O)(=O)C2)CC1. The molecule has 2 saturated heterocycles. The van der Waals surface area contributed by atoms with Crippen LogP contribution in [-0.4, -0.2) is 57.0 Å². The topological polar surface area (TPSA) is 49.4 Å². The summed E-state index contributed by atoms with van der Waals surface area (Å²) in [4.78, 5) is 2.51. The second kappa shape index (κ2) is 6.55. The first-order chi connectivity index (χ1) is 8.96. The summed E-state index contributed by atoms with van der Waals surface area (Å²) in [6.45, 7) is 9.03. The van der Waals surface area contributed by atoms with Crippen LogP contribution in [0.5, 0.6) is 0 Å².